The van der Waals surface area contributed by atoms with Gasteiger partial charge in [-0.05, 0) is 12.1 Å². The fourth-order valence-corrected chi connectivity index (χ4v) is 1.94. The number of rotatable bonds is 1. The molecule has 3 nitrogen and oxygen atoms in total. The molecule has 5 heteroatoms. The zero-order chi connectivity index (χ0) is 9.26. The van der Waals surface area contributed by atoms with E-state index in [1.54, 1.807) is 12.3 Å². The second kappa shape index (κ2) is 3.32. The molecule has 13 heavy (non-hydrogen) atoms. The Morgan fingerprint density at radius 2 is 2.31 bits per heavy atom. The van der Waals surface area contributed by atoms with Gasteiger partial charge in [-0.1, -0.05) is 11.6 Å². The maximum absolute atomic E-state index is 10.7. The molecule has 0 saturated heterocycles. The maximum atomic E-state index is 10.7. The van der Waals surface area contributed by atoms with Gasteiger partial charge >= 0.3 is 0 Å². The molecule has 0 spiro atoms. The average molecular weight is 213 g/mol. The second-order valence-electron chi connectivity index (χ2n) is 2.40. The van der Waals surface area contributed by atoms with E-state index in [0.29, 0.717) is 4.34 Å². The van der Waals surface area contributed by atoms with Crippen molar-refractivity contribution in [1.29, 1.82) is 0 Å². The lowest BCUT2D eigenvalue weighted by Crippen LogP contribution is -2.03. The Morgan fingerprint density at radius 3 is 2.85 bits per heavy atom. The molecule has 66 valence electrons. The SMILES string of the molecule is O=c1cnc(-c2ccc(Cl)s2)c[nH]1. The molecule has 0 bridgehead atoms. The number of nitrogens with zero attached hydrogens (tertiary/aromatic N) is 1. The number of aromatic amines is 1. The molecule has 0 aromatic carbocycles. The maximum Gasteiger partial charge on any atom is 0.266 e. The quantitative estimate of drug-likeness (QED) is 0.788. The van der Waals surface area contributed by atoms with Gasteiger partial charge in [-0.3, -0.25) is 4.79 Å². The third kappa shape index (κ3) is 1.79. The lowest BCUT2D eigenvalue weighted by atomic mass is 10.4. The molecular weight excluding hydrogens is 208 g/mol. The number of hydrogen-bond donors (Lipinski definition) is 1. The van der Waals surface area contributed by atoms with Crippen molar-refractivity contribution in [1.82, 2.24) is 9.97 Å². The summed E-state index contributed by atoms with van der Waals surface area (Å²) in [6.45, 7) is 0. The van der Waals surface area contributed by atoms with E-state index in [2.05, 4.69) is 9.97 Å². The van der Waals surface area contributed by atoms with Crippen LogP contribution in [-0.4, -0.2) is 9.97 Å². The Morgan fingerprint density at radius 1 is 1.46 bits per heavy atom. The lowest BCUT2D eigenvalue weighted by Gasteiger charge is -1.92. The molecule has 0 fully saturated rings. The zero-order valence-electron chi connectivity index (χ0n) is 6.45. The fourth-order valence-electron chi connectivity index (χ4n) is 0.929. The van der Waals surface area contributed by atoms with Crippen molar-refractivity contribution >= 4 is 22.9 Å². The number of nitrogens with one attached hydrogen (secondary N) is 1. The minimum atomic E-state index is -0.202. The van der Waals surface area contributed by atoms with E-state index in [-0.39, 0.29) is 5.56 Å². The highest BCUT2D eigenvalue weighted by Crippen LogP contribution is 2.28. The van der Waals surface area contributed by atoms with Crippen molar-refractivity contribution < 1.29 is 0 Å². The second-order valence-corrected chi connectivity index (χ2v) is 4.12. The molecule has 0 aliphatic heterocycles. The molecule has 1 N–H and O–H groups in total. The predicted molar refractivity (Wildman–Crippen MR) is 53.2 cm³/mol. The van der Waals surface area contributed by atoms with Crippen molar-refractivity contribution in [3.8, 4) is 10.6 Å². The number of halogens is 1. The monoisotopic (exact) mass is 212 g/mol. The number of aromatic nitrogens is 2. The Labute approximate surface area is 83.0 Å². The van der Waals surface area contributed by atoms with Crippen LogP contribution in [0.3, 0.4) is 0 Å². The summed E-state index contributed by atoms with van der Waals surface area (Å²) in [6, 6.07) is 3.67. The summed E-state index contributed by atoms with van der Waals surface area (Å²) in [5.74, 6) is 0. The summed E-state index contributed by atoms with van der Waals surface area (Å²) in [4.78, 5) is 18.2. The van der Waals surface area contributed by atoms with Crippen LogP contribution < -0.4 is 5.56 Å². The van der Waals surface area contributed by atoms with Gasteiger partial charge in [0.25, 0.3) is 5.56 Å². The molecule has 0 aliphatic carbocycles. The standard InChI is InChI=1S/C8H5ClN2OS/c9-7-2-1-6(13-7)5-3-11-8(12)4-10-5/h1-4H,(H,11,12). The molecule has 2 aromatic heterocycles. The van der Waals surface area contributed by atoms with Crippen LogP contribution in [0.2, 0.25) is 4.34 Å². The van der Waals surface area contributed by atoms with E-state index < -0.39 is 0 Å². The Balaban J connectivity index is 2.47. The third-order valence-corrected chi connectivity index (χ3v) is 2.75. The summed E-state index contributed by atoms with van der Waals surface area (Å²) in [5, 5.41) is 0. The minimum Gasteiger partial charge on any atom is -0.326 e. The highest BCUT2D eigenvalue weighted by Gasteiger charge is 2.01. The van der Waals surface area contributed by atoms with Crippen LogP contribution in [0.1, 0.15) is 0 Å². The smallest absolute Gasteiger partial charge is 0.266 e. The fraction of sp³-hybridized carbons (Fsp3) is 0. The molecule has 0 radical (unpaired) electrons. The lowest BCUT2D eigenvalue weighted by molar-refractivity contribution is 1.15. The average Bonchev–Trinajstić information content (AvgIpc) is 2.53. The highest BCUT2D eigenvalue weighted by atomic mass is 35.5. The van der Waals surface area contributed by atoms with Gasteiger partial charge in [0.05, 0.1) is 21.1 Å². The van der Waals surface area contributed by atoms with E-state index in [0.717, 1.165) is 10.6 Å². The van der Waals surface area contributed by atoms with Crippen molar-refractivity contribution in [3.63, 3.8) is 0 Å². The van der Waals surface area contributed by atoms with Gasteiger partial charge in [-0.15, -0.1) is 11.3 Å². The molecule has 0 unspecified atom stereocenters. The molecule has 0 saturated carbocycles. The molecule has 0 aliphatic rings. The van der Waals surface area contributed by atoms with E-state index >= 15 is 0 Å². The van der Waals surface area contributed by atoms with Crippen molar-refractivity contribution in [3.05, 3.63) is 39.2 Å². The topological polar surface area (TPSA) is 45.8 Å². The van der Waals surface area contributed by atoms with Gasteiger partial charge in [0.15, 0.2) is 0 Å². The minimum absolute atomic E-state index is 0.202. The highest BCUT2D eigenvalue weighted by molar-refractivity contribution is 7.19. The van der Waals surface area contributed by atoms with E-state index in [4.69, 9.17) is 11.6 Å². The van der Waals surface area contributed by atoms with Crippen molar-refractivity contribution in [2.45, 2.75) is 0 Å². The third-order valence-electron chi connectivity index (χ3n) is 1.50. The largest absolute Gasteiger partial charge is 0.326 e. The first kappa shape index (κ1) is 8.47. The molecule has 2 aromatic rings. The molecular formula is C8H5ClN2OS. The molecule has 2 heterocycles. The van der Waals surface area contributed by atoms with Crippen molar-refractivity contribution in [2.75, 3.05) is 0 Å². The first-order valence-electron chi connectivity index (χ1n) is 3.56. The van der Waals surface area contributed by atoms with Crippen LogP contribution in [0.25, 0.3) is 10.6 Å². The number of thiophene rings is 1. The van der Waals surface area contributed by atoms with Crippen LogP contribution in [0.5, 0.6) is 0 Å². The number of H-pyrrole nitrogens is 1. The van der Waals surface area contributed by atoms with Crippen LogP contribution in [0, 0.1) is 0 Å². The van der Waals surface area contributed by atoms with Crippen LogP contribution in [-0.2, 0) is 0 Å². The van der Waals surface area contributed by atoms with Gasteiger partial charge < -0.3 is 4.98 Å². The Bertz CT molecular complexity index is 456. The Kier molecular flexibility index (Phi) is 2.16. The van der Waals surface area contributed by atoms with E-state index in [9.17, 15) is 4.79 Å². The predicted octanol–water partition coefficient (Wildman–Crippen LogP) is 2.15. The summed E-state index contributed by atoms with van der Waals surface area (Å²) < 4.78 is 0.711. The molecule has 0 amide bonds. The van der Waals surface area contributed by atoms with Gasteiger partial charge in [0.2, 0.25) is 0 Å². The molecule has 2 rings (SSSR count). The first-order valence-corrected chi connectivity index (χ1v) is 4.75. The van der Waals surface area contributed by atoms with Crippen molar-refractivity contribution in [2.24, 2.45) is 0 Å². The zero-order valence-corrected chi connectivity index (χ0v) is 8.02. The normalized spacial score (nSPS) is 10.2. The van der Waals surface area contributed by atoms with Gasteiger partial charge in [-0.2, -0.15) is 0 Å². The number of hydrogen-bond acceptors (Lipinski definition) is 3. The summed E-state index contributed by atoms with van der Waals surface area (Å²) in [7, 11) is 0. The van der Waals surface area contributed by atoms with Crippen LogP contribution in [0.4, 0.5) is 0 Å². The van der Waals surface area contributed by atoms with Gasteiger partial charge in [-0.25, -0.2) is 4.98 Å². The van der Waals surface area contributed by atoms with Crippen LogP contribution >= 0.6 is 22.9 Å². The summed E-state index contributed by atoms with van der Waals surface area (Å²) in [5.41, 5.74) is 0.530. The first-order chi connectivity index (χ1) is 6.25. The van der Waals surface area contributed by atoms with Gasteiger partial charge in [0.1, 0.15) is 0 Å². The van der Waals surface area contributed by atoms with E-state index in [1.165, 1.54) is 17.5 Å². The Hall–Kier alpha value is -1.13. The summed E-state index contributed by atoms with van der Waals surface area (Å²) in [6.07, 6.45) is 2.83. The molecule has 0 atom stereocenters. The van der Waals surface area contributed by atoms with E-state index in [1.807, 2.05) is 6.07 Å². The van der Waals surface area contributed by atoms with Crippen LogP contribution in [0.15, 0.2) is 29.3 Å². The summed E-state index contributed by atoms with van der Waals surface area (Å²) >= 11 is 7.19. The van der Waals surface area contributed by atoms with Gasteiger partial charge in [0, 0.05) is 6.20 Å².